The monoisotopic (exact) mass is 436 g/mol. The Kier molecular flexibility index (Phi) is 5.96. The lowest BCUT2D eigenvalue weighted by Gasteiger charge is -2.17. The summed E-state index contributed by atoms with van der Waals surface area (Å²) in [7, 11) is 0. The van der Waals surface area contributed by atoms with Crippen molar-refractivity contribution in [2.75, 3.05) is 16.0 Å². The van der Waals surface area contributed by atoms with Gasteiger partial charge in [-0.25, -0.2) is 4.99 Å². The average molecular weight is 437 g/mol. The number of thioether (sulfide) groups is 1. The number of rotatable bonds is 5. The van der Waals surface area contributed by atoms with E-state index in [1.54, 1.807) is 24.5 Å². The van der Waals surface area contributed by atoms with Crippen LogP contribution in [0.3, 0.4) is 0 Å². The Morgan fingerprint density at radius 1 is 1.20 bits per heavy atom. The van der Waals surface area contributed by atoms with Crippen LogP contribution in [0.1, 0.15) is 10.6 Å². The summed E-state index contributed by atoms with van der Waals surface area (Å²) < 4.78 is 0. The maximum Gasteiger partial charge on any atom is 0.283 e. The fourth-order valence-corrected chi connectivity index (χ4v) is 4.07. The number of para-hydroxylation sites is 1. The lowest BCUT2D eigenvalue weighted by molar-refractivity contribution is -0.114. The van der Waals surface area contributed by atoms with Crippen LogP contribution in [0.5, 0.6) is 0 Å². The molecule has 2 aromatic heterocycles. The van der Waals surface area contributed by atoms with Crippen LogP contribution in [0, 0.1) is 6.92 Å². The molecule has 0 aliphatic carbocycles. The molecule has 0 saturated heterocycles. The van der Waals surface area contributed by atoms with Crippen LogP contribution in [-0.2, 0) is 9.59 Å². The largest absolute Gasteiger partial charge is 0.300 e. The first kappa shape index (κ1) is 19.9. The summed E-state index contributed by atoms with van der Waals surface area (Å²) in [5.41, 5.74) is 1.74. The number of aliphatic imine (C=N–C) groups is 1. The SMILES string of the molecule is Cc1nnc(NC(=O)CSC2=N/C(=C/c3cccnc3)C(=O)N2c2ccccc2)s1. The van der Waals surface area contributed by atoms with Gasteiger partial charge in [-0.2, -0.15) is 0 Å². The molecule has 4 rings (SSSR count). The number of amides is 2. The van der Waals surface area contributed by atoms with Gasteiger partial charge >= 0.3 is 0 Å². The van der Waals surface area contributed by atoms with Gasteiger partial charge < -0.3 is 0 Å². The highest BCUT2D eigenvalue weighted by Gasteiger charge is 2.32. The molecule has 1 N–H and O–H groups in total. The second-order valence-corrected chi connectivity index (χ2v) is 8.27. The summed E-state index contributed by atoms with van der Waals surface area (Å²) in [6.45, 7) is 1.81. The molecule has 1 aliphatic rings. The second kappa shape index (κ2) is 8.97. The molecule has 0 spiro atoms. The maximum atomic E-state index is 13.1. The summed E-state index contributed by atoms with van der Waals surface area (Å²) in [5.74, 6) is -0.425. The number of carbonyl (C=O) groups is 2. The van der Waals surface area contributed by atoms with E-state index in [-0.39, 0.29) is 23.3 Å². The van der Waals surface area contributed by atoms with Crippen molar-refractivity contribution in [2.24, 2.45) is 4.99 Å². The molecular formula is C20H16N6O2S2. The van der Waals surface area contributed by atoms with Crippen LogP contribution >= 0.6 is 23.1 Å². The molecule has 30 heavy (non-hydrogen) atoms. The predicted molar refractivity (Wildman–Crippen MR) is 119 cm³/mol. The third-order valence-electron chi connectivity index (χ3n) is 3.94. The van der Waals surface area contributed by atoms with E-state index in [0.717, 1.165) is 10.6 Å². The lowest BCUT2D eigenvalue weighted by atomic mass is 10.2. The summed E-state index contributed by atoms with van der Waals surface area (Å²) in [6.07, 6.45) is 5.01. The van der Waals surface area contributed by atoms with Gasteiger partial charge in [0.05, 0.1) is 11.4 Å². The topological polar surface area (TPSA) is 100 Å². The lowest BCUT2D eigenvalue weighted by Crippen LogP contribution is -2.31. The van der Waals surface area contributed by atoms with Crippen molar-refractivity contribution in [1.29, 1.82) is 0 Å². The van der Waals surface area contributed by atoms with Gasteiger partial charge in [-0.15, -0.1) is 10.2 Å². The van der Waals surface area contributed by atoms with Gasteiger partial charge in [0.1, 0.15) is 10.7 Å². The van der Waals surface area contributed by atoms with Gasteiger partial charge in [-0.3, -0.25) is 24.8 Å². The quantitative estimate of drug-likeness (QED) is 0.616. The van der Waals surface area contributed by atoms with Crippen LogP contribution in [0.2, 0.25) is 0 Å². The van der Waals surface area contributed by atoms with Crippen LogP contribution in [-0.4, -0.2) is 37.9 Å². The number of hydrogen-bond acceptors (Lipinski definition) is 8. The zero-order chi connectivity index (χ0) is 20.9. The zero-order valence-corrected chi connectivity index (χ0v) is 17.5. The number of nitrogens with one attached hydrogen (secondary N) is 1. The number of aromatic nitrogens is 3. The van der Waals surface area contributed by atoms with Crippen molar-refractivity contribution in [3.8, 4) is 0 Å². The van der Waals surface area contributed by atoms with Gasteiger partial charge in [-0.05, 0) is 36.8 Å². The Balaban J connectivity index is 1.55. The minimum Gasteiger partial charge on any atom is -0.300 e. The number of nitrogens with zero attached hydrogens (tertiary/aromatic N) is 5. The molecule has 0 fully saturated rings. The summed E-state index contributed by atoms with van der Waals surface area (Å²) in [4.78, 5) is 35.4. The normalized spacial score (nSPS) is 14.8. The Hall–Kier alpha value is -3.37. The third-order valence-corrected chi connectivity index (χ3v) is 5.63. The van der Waals surface area contributed by atoms with Gasteiger partial charge in [0, 0.05) is 12.4 Å². The Labute approximate surface area is 180 Å². The fourth-order valence-electron chi connectivity index (χ4n) is 2.65. The minimum absolute atomic E-state index is 0.0776. The van der Waals surface area contributed by atoms with E-state index in [1.165, 1.54) is 28.0 Å². The first-order valence-electron chi connectivity index (χ1n) is 8.93. The number of pyridine rings is 1. The molecule has 1 aromatic carbocycles. The number of hydrogen-bond donors (Lipinski definition) is 1. The van der Waals surface area contributed by atoms with Crippen molar-refractivity contribution >= 4 is 57.0 Å². The van der Waals surface area contributed by atoms with E-state index in [2.05, 4.69) is 25.5 Å². The van der Waals surface area contributed by atoms with E-state index < -0.39 is 0 Å². The van der Waals surface area contributed by atoms with Crippen molar-refractivity contribution in [1.82, 2.24) is 15.2 Å². The molecule has 2 amide bonds. The Morgan fingerprint density at radius 2 is 2.03 bits per heavy atom. The highest BCUT2D eigenvalue weighted by molar-refractivity contribution is 8.14. The summed E-state index contributed by atoms with van der Waals surface area (Å²) in [5, 5.41) is 12.1. The van der Waals surface area contributed by atoms with E-state index in [1.807, 2.05) is 43.3 Å². The highest BCUT2D eigenvalue weighted by Crippen LogP contribution is 2.29. The van der Waals surface area contributed by atoms with Crippen molar-refractivity contribution in [2.45, 2.75) is 6.92 Å². The molecule has 0 atom stereocenters. The molecule has 0 bridgehead atoms. The van der Waals surface area contributed by atoms with E-state index >= 15 is 0 Å². The standard InChI is InChI=1S/C20H16N6O2S2/c1-13-24-25-19(30-13)23-17(27)12-29-20-22-16(10-14-6-5-9-21-11-14)18(28)26(20)15-7-3-2-4-8-15/h2-11H,12H2,1H3,(H,23,25,27)/b16-10+. The number of aryl methyl sites for hydroxylation is 1. The molecule has 3 aromatic rings. The first-order valence-corrected chi connectivity index (χ1v) is 10.7. The third kappa shape index (κ3) is 4.61. The molecule has 0 radical (unpaired) electrons. The molecule has 0 saturated carbocycles. The molecule has 150 valence electrons. The van der Waals surface area contributed by atoms with E-state index in [0.29, 0.717) is 16.0 Å². The highest BCUT2D eigenvalue weighted by atomic mass is 32.2. The van der Waals surface area contributed by atoms with Gasteiger partial charge in [0.25, 0.3) is 5.91 Å². The molecule has 8 nitrogen and oxygen atoms in total. The zero-order valence-electron chi connectivity index (χ0n) is 15.8. The van der Waals surface area contributed by atoms with Crippen LogP contribution in [0.4, 0.5) is 10.8 Å². The molecule has 10 heteroatoms. The van der Waals surface area contributed by atoms with Crippen LogP contribution in [0.15, 0.2) is 65.5 Å². The minimum atomic E-state index is -0.257. The summed E-state index contributed by atoms with van der Waals surface area (Å²) >= 11 is 2.48. The second-order valence-electron chi connectivity index (χ2n) is 6.15. The van der Waals surface area contributed by atoms with Crippen molar-refractivity contribution < 1.29 is 9.59 Å². The number of amidine groups is 1. The smallest absolute Gasteiger partial charge is 0.283 e. The average Bonchev–Trinajstić information content (AvgIpc) is 3.30. The molecule has 3 heterocycles. The van der Waals surface area contributed by atoms with Crippen molar-refractivity contribution in [3.05, 3.63) is 71.1 Å². The van der Waals surface area contributed by atoms with E-state index in [9.17, 15) is 9.59 Å². The molecule has 0 unspecified atom stereocenters. The molecular weight excluding hydrogens is 420 g/mol. The van der Waals surface area contributed by atoms with Gasteiger partial charge in [0.2, 0.25) is 11.0 Å². The molecule has 1 aliphatic heterocycles. The van der Waals surface area contributed by atoms with Crippen LogP contribution < -0.4 is 10.2 Å². The van der Waals surface area contributed by atoms with Gasteiger partial charge in [0.15, 0.2) is 5.17 Å². The fraction of sp³-hybridized carbons (Fsp3) is 0.100. The number of benzene rings is 1. The summed E-state index contributed by atoms with van der Waals surface area (Å²) in [6, 6.07) is 12.8. The maximum absolute atomic E-state index is 13.1. The van der Waals surface area contributed by atoms with E-state index in [4.69, 9.17) is 0 Å². The Morgan fingerprint density at radius 3 is 2.73 bits per heavy atom. The Bertz CT molecular complexity index is 1130. The number of carbonyl (C=O) groups excluding carboxylic acids is 2. The predicted octanol–water partition coefficient (Wildman–Crippen LogP) is 3.36. The number of anilines is 2. The van der Waals surface area contributed by atoms with Crippen molar-refractivity contribution in [3.63, 3.8) is 0 Å². The van der Waals surface area contributed by atoms with Gasteiger partial charge in [-0.1, -0.05) is 47.4 Å². The van der Waals surface area contributed by atoms with Crippen LogP contribution in [0.25, 0.3) is 6.08 Å². The first-order chi connectivity index (χ1) is 14.6.